The van der Waals surface area contributed by atoms with Gasteiger partial charge in [-0.2, -0.15) is 0 Å². The number of pyridine rings is 1. The lowest BCUT2D eigenvalue weighted by Gasteiger charge is -2.12. The third-order valence-corrected chi connectivity index (χ3v) is 6.58. The fourth-order valence-electron chi connectivity index (χ4n) is 4.99. The lowest BCUT2D eigenvalue weighted by Crippen LogP contribution is -2.03. The number of methoxy groups -OCH3 is 2. The molecule has 0 unspecified atom stereocenters. The maximum absolute atomic E-state index is 12.4. The number of benzene rings is 2. The molecule has 0 bridgehead atoms. The SMILES string of the molecule is COC(=O)c1ccc(-c2nc(C)nc3[nH]c4cc(-c5c(C)noc5C)c(OC)nc4c23)c2ccccc12. The number of hydrogen-bond acceptors (Lipinski definition) is 8. The molecule has 4 aromatic heterocycles. The number of ether oxygens (including phenoxy) is 2. The van der Waals surface area contributed by atoms with Gasteiger partial charge in [0.05, 0.1) is 53.2 Å². The Bertz CT molecular complexity index is 1850. The van der Waals surface area contributed by atoms with E-state index in [1.165, 1.54) is 7.11 Å². The summed E-state index contributed by atoms with van der Waals surface area (Å²) in [6.45, 7) is 5.60. The predicted octanol–water partition coefficient (Wildman–Crippen LogP) is 5.70. The molecule has 0 saturated heterocycles. The molecule has 0 spiro atoms. The van der Waals surface area contributed by atoms with Crippen molar-refractivity contribution in [1.29, 1.82) is 0 Å². The van der Waals surface area contributed by atoms with Crippen LogP contribution in [0.4, 0.5) is 0 Å². The first-order chi connectivity index (χ1) is 17.9. The normalized spacial score (nSPS) is 11.5. The second-order valence-electron chi connectivity index (χ2n) is 8.81. The lowest BCUT2D eigenvalue weighted by molar-refractivity contribution is 0.0603. The van der Waals surface area contributed by atoms with E-state index in [0.29, 0.717) is 39.9 Å². The summed E-state index contributed by atoms with van der Waals surface area (Å²) in [6, 6.07) is 13.3. The number of hydrogen-bond donors (Lipinski definition) is 1. The topological polar surface area (TPSA) is 116 Å². The van der Waals surface area contributed by atoms with Crippen LogP contribution in [0, 0.1) is 20.8 Å². The number of carbonyl (C=O) groups is 1. The first kappa shape index (κ1) is 22.7. The molecule has 2 aromatic carbocycles. The molecule has 0 amide bonds. The van der Waals surface area contributed by atoms with Gasteiger partial charge in [0, 0.05) is 5.56 Å². The van der Waals surface area contributed by atoms with Gasteiger partial charge in [-0.3, -0.25) is 0 Å². The molecule has 0 aliphatic carbocycles. The van der Waals surface area contributed by atoms with Gasteiger partial charge in [-0.25, -0.2) is 19.7 Å². The number of aromatic amines is 1. The highest BCUT2D eigenvalue weighted by atomic mass is 16.5. The summed E-state index contributed by atoms with van der Waals surface area (Å²) in [7, 11) is 2.97. The van der Waals surface area contributed by atoms with Crippen LogP contribution >= 0.6 is 0 Å². The molecule has 0 aliphatic heterocycles. The zero-order valence-corrected chi connectivity index (χ0v) is 21.0. The number of aryl methyl sites for hydroxylation is 3. The number of rotatable bonds is 4. The zero-order valence-electron chi connectivity index (χ0n) is 21.0. The molecular weight excluding hydrogens is 470 g/mol. The fraction of sp³-hybridized carbons (Fsp3) is 0.179. The molecule has 0 aliphatic rings. The average molecular weight is 494 g/mol. The van der Waals surface area contributed by atoms with Crippen molar-refractivity contribution in [2.75, 3.05) is 14.2 Å². The molecular formula is C28H23N5O4. The van der Waals surface area contributed by atoms with Gasteiger partial charge in [0.2, 0.25) is 5.88 Å². The van der Waals surface area contributed by atoms with E-state index in [2.05, 4.69) is 15.1 Å². The first-order valence-electron chi connectivity index (χ1n) is 11.7. The van der Waals surface area contributed by atoms with Crippen LogP contribution in [0.25, 0.3) is 55.2 Å². The van der Waals surface area contributed by atoms with E-state index in [-0.39, 0.29) is 0 Å². The van der Waals surface area contributed by atoms with Gasteiger partial charge in [0.15, 0.2) is 0 Å². The lowest BCUT2D eigenvalue weighted by atomic mass is 9.96. The maximum atomic E-state index is 12.4. The molecule has 0 atom stereocenters. The standard InChI is InChI=1S/C28H23N5O4/c1-13-22(14(2)37-33-13)20-12-21-25(32-27(20)35-4)23-24(29-15(3)30-26(23)31-21)18-10-11-19(28(34)36-5)17-9-7-6-8-16(17)18/h6-12H,1-5H3,(H,29,30,31). The van der Waals surface area contributed by atoms with Crippen molar-refractivity contribution in [1.82, 2.24) is 25.1 Å². The summed E-state index contributed by atoms with van der Waals surface area (Å²) in [5, 5.41) is 6.50. The van der Waals surface area contributed by atoms with Crippen LogP contribution in [0.3, 0.4) is 0 Å². The fourth-order valence-corrected chi connectivity index (χ4v) is 4.99. The number of H-pyrrole nitrogens is 1. The molecule has 184 valence electrons. The van der Waals surface area contributed by atoms with Gasteiger partial charge in [0.1, 0.15) is 22.7 Å². The van der Waals surface area contributed by atoms with Crippen molar-refractivity contribution in [3.05, 3.63) is 65.3 Å². The van der Waals surface area contributed by atoms with E-state index >= 15 is 0 Å². The van der Waals surface area contributed by atoms with Crippen molar-refractivity contribution in [3.8, 4) is 28.3 Å². The Morgan fingerprint density at radius 3 is 2.43 bits per heavy atom. The largest absolute Gasteiger partial charge is 0.481 e. The van der Waals surface area contributed by atoms with Gasteiger partial charge < -0.3 is 19.0 Å². The Morgan fingerprint density at radius 2 is 1.73 bits per heavy atom. The molecule has 4 heterocycles. The molecule has 9 nitrogen and oxygen atoms in total. The summed E-state index contributed by atoms with van der Waals surface area (Å²) in [6.07, 6.45) is 0. The number of fused-ring (bicyclic) bond motifs is 4. The van der Waals surface area contributed by atoms with Crippen molar-refractivity contribution in [2.45, 2.75) is 20.8 Å². The number of esters is 1. The summed E-state index contributed by atoms with van der Waals surface area (Å²) >= 11 is 0. The maximum Gasteiger partial charge on any atom is 0.338 e. The number of aromatic nitrogens is 5. The Balaban J connectivity index is 1.68. The van der Waals surface area contributed by atoms with E-state index in [4.69, 9.17) is 24.0 Å². The van der Waals surface area contributed by atoms with Crippen LogP contribution < -0.4 is 4.74 Å². The van der Waals surface area contributed by atoms with Gasteiger partial charge in [-0.1, -0.05) is 35.5 Å². The van der Waals surface area contributed by atoms with Crippen LogP contribution in [-0.4, -0.2) is 45.3 Å². The average Bonchev–Trinajstić information content (AvgIpc) is 3.43. The van der Waals surface area contributed by atoms with Gasteiger partial charge in [-0.15, -0.1) is 0 Å². The second kappa shape index (κ2) is 8.41. The van der Waals surface area contributed by atoms with Crippen LogP contribution in [-0.2, 0) is 4.74 Å². The molecule has 1 N–H and O–H groups in total. The summed E-state index contributed by atoms with van der Waals surface area (Å²) in [4.78, 5) is 30.3. The Hall–Kier alpha value is -4.79. The molecule has 0 fully saturated rings. The minimum Gasteiger partial charge on any atom is -0.481 e. The third kappa shape index (κ3) is 3.42. The predicted molar refractivity (Wildman–Crippen MR) is 140 cm³/mol. The molecule has 6 rings (SSSR count). The van der Waals surface area contributed by atoms with Crippen LogP contribution in [0.15, 0.2) is 47.0 Å². The third-order valence-electron chi connectivity index (χ3n) is 6.58. The summed E-state index contributed by atoms with van der Waals surface area (Å²) in [5.74, 6) is 1.34. The molecule has 0 saturated carbocycles. The monoisotopic (exact) mass is 493 g/mol. The van der Waals surface area contributed by atoms with Gasteiger partial charge in [0.25, 0.3) is 0 Å². The second-order valence-corrected chi connectivity index (χ2v) is 8.81. The first-order valence-corrected chi connectivity index (χ1v) is 11.7. The van der Waals surface area contributed by atoms with E-state index in [1.807, 2.05) is 57.2 Å². The number of carbonyl (C=O) groups excluding carboxylic acids is 1. The van der Waals surface area contributed by atoms with Crippen LogP contribution in [0.1, 0.15) is 27.6 Å². The molecule has 9 heteroatoms. The minimum absolute atomic E-state index is 0.392. The smallest absolute Gasteiger partial charge is 0.338 e. The van der Waals surface area contributed by atoms with Crippen LogP contribution in [0.2, 0.25) is 0 Å². The highest BCUT2D eigenvalue weighted by Gasteiger charge is 2.23. The van der Waals surface area contributed by atoms with E-state index < -0.39 is 5.97 Å². The van der Waals surface area contributed by atoms with E-state index in [0.717, 1.165) is 44.1 Å². The molecule has 0 radical (unpaired) electrons. The summed E-state index contributed by atoms with van der Waals surface area (Å²) < 4.78 is 16.1. The number of nitrogens with zero attached hydrogens (tertiary/aromatic N) is 4. The van der Waals surface area contributed by atoms with E-state index in [9.17, 15) is 4.79 Å². The van der Waals surface area contributed by atoms with Crippen LogP contribution in [0.5, 0.6) is 5.88 Å². The van der Waals surface area contributed by atoms with E-state index in [1.54, 1.807) is 13.2 Å². The minimum atomic E-state index is -0.392. The quantitative estimate of drug-likeness (QED) is 0.311. The zero-order chi connectivity index (χ0) is 25.8. The highest BCUT2D eigenvalue weighted by molar-refractivity contribution is 6.16. The molecule has 6 aromatic rings. The van der Waals surface area contributed by atoms with Gasteiger partial charge >= 0.3 is 5.97 Å². The van der Waals surface area contributed by atoms with Crippen molar-refractivity contribution in [2.24, 2.45) is 0 Å². The Labute approximate surface area is 211 Å². The van der Waals surface area contributed by atoms with Crippen molar-refractivity contribution >= 4 is 38.8 Å². The highest BCUT2D eigenvalue weighted by Crippen LogP contribution is 2.40. The summed E-state index contributed by atoms with van der Waals surface area (Å²) in [5.41, 5.74) is 6.54. The molecule has 37 heavy (non-hydrogen) atoms. The van der Waals surface area contributed by atoms with Gasteiger partial charge in [-0.05, 0) is 43.7 Å². The number of nitrogens with one attached hydrogen (secondary N) is 1. The van der Waals surface area contributed by atoms with Crippen molar-refractivity contribution in [3.63, 3.8) is 0 Å². The van der Waals surface area contributed by atoms with Crippen molar-refractivity contribution < 1.29 is 18.8 Å². The Kier molecular flexibility index (Phi) is 5.15. The Morgan fingerprint density at radius 1 is 0.946 bits per heavy atom.